The van der Waals surface area contributed by atoms with Crippen LogP contribution in [-0.4, -0.2) is 16.9 Å². The third-order valence-corrected chi connectivity index (χ3v) is 4.68. The van der Waals surface area contributed by atoms with Gasteiger partial charge in [-0.15, -0.1) is 0 Å². The number of anilines is 1. The van der Waals surface area contributed by atoms with E-state index < -0.39 is 22.6 Å². The SMILES string of the molecule is Cc1cc(=O)oc2cc(O[C@@H](C)C(=O)Nc3ccc([N+](=O)[O-])cc3Br)ccc12. The molecule has 0 saturated heterocycles. The lowest BCUT2D eigenvalue weighted by molar-refractivity contribution is -0.384. The molecule has 0 spiro atoms. The van der Waals surface area contributed by atoms with Crippen molar-refractivity contribution >= 4 is 44.2 Å². The fourth-order valence-electron chi connectivity index (χ4n) is 2.59. The summed E-state index contributed by atoms with van der Waals surface area (Å²) in [6.07, 6.45) is -0.865. The number of nitro benzene ring substituents is 1. The first-order valence-corrected chi connectivity index (χ1v) is 9.00. The normalized spacial score (nSPS) is 11.8. The molecule has 8 nitrogen and oxygen atoms in total. The van der Waals surface area contributed by atoms with E-state index >= 15 is 0 Å². The van der Waals surface area contributed by atoms with Crippen LogP contribution in [0.25, 0.3) is 11.0 Å². The van der Waals surface area contributed by atoms with Gasteiger partial charge in [0.25, 0.3) is 11.6 Å². The van der Waals surface area contributed by atoms with Gasteiger partial charge < -0.3 is 14.5 Å². The van der Waals surface area contributed by atoms with E-state index in [2.05, 4.69) is 21.2 Å². The van der Waals surface area contributed by atoms with Crippen molar-refractivity contribution in [2.24, 2.45) is 0 Å². The van der Waals surface area contributed by atoms with Crippen LogP contribution >= 0.6 is 15.9 Å². The lowest BCUT2D eigenvalue weighted by Crippen LogP contribution is -2.30. The largest absolute Gasteiger partial charge is 0.481 e. The molecule has 0 bridgehead atoms. The van der Waals surface area contributed by atoms with E-state index in [0.717, 1.165) is 10.9 Å². The molecule has 1 N–H and O–H groups in total. The molecule has 3 aromatic rings. The van der Waals surface area contributed by atoms with Gasteiger partial charge in [0.1, 0.15) is 11.3 Å². The smallest absolute Gasteiger partial charge is 0.336 e. The summed E-state index contributed by atoms with van der Waals surface area (Å²) in [5.41, 5.74) is 0.976. The Hall–Kier alpha value is -3.20. The number of ether oxygens (including phenoxy) is 1. The molecule has 0 unspecified atom stereocenters. The molecule has 1 aromatic heterocycles. The first kappa shape index (κ1) is 19.6. The Labute approximate surface area is 167 Å². The average molecular weight is 447 g/mol. The first-order valence-electron chi connectivity index (χ1n) is 8.20. The Balaban J connectivity index is 1.75. The maximum atomic E-state index is 12.4. The molecule has 2 aromatic carbocycles. The fourth-order valence-corrected chi connectivity index (χ4v) is 3.06. The van der Waals surface area contributed by atoms with Crippen LogP contribution in [0.1, 0.15) is 12.5 Å². The standard InChI is InChI=1S/C19H15BrN2O6/c1-10-7-18(23)28-17-9-13(4-5-14(10)17)27-11(2)19(24)21-16-6-3-12(22(25)26)8-15(16)20/h3-9,11H,1-2H3,(H,21,24)/t11-/m0/s1. The zero-order chi connectivity index (χ0) is 20.4. The molecule has 0 saturated carbocycles. The van der Waals surface area contributed by atoms with Crippen molar-refractivity contribution in [1.29, 1.82) is 0 Å². The average Bonchev–Trinajstić information content (AvgIpc) is 2.62. The Kier molecular flexibility index (Phi) is 5.46. The van der Waals surface area contributed by atoms with Gasteiger partial charge in [-0.1, -0.05) is 0 Å². The number of aryl methyl sites for hydroxylation is 1. The van der Waals surface area contributed by atoms with Crippen molar-refractivity contribution in [2.45, 2.75) is 20.0 Å². The van der Waals surface area contributed by atoms with Crippen LogP contribution in [-0.2, 0) is 4.79 Å². The highest BCUT2D eigenvalue weighted by Gasteiger charge is 2.18. The van der Waals surface area contributed by atoms with E-state index in [1.54, 1.807) is 32.0 Å². The highest BCUT2D eigenvalue weighted by molar-refractivity contribution is 9.10. The van der Waals surface area contributed by atoms with Crippen LogP contribution in [0.2, 0.25) is 0 Å². The molecule has 0 fully saturated rings. The number of carbonyl (C=O) groups is 1. The van der Waals surface area contributed by atoms with Crippen molar-refractivity contribution in [3.05, 3.63) is 73.0 Å². The number of halogens is 1. The van der Waals surface area contributed by atoms with Gasteiger partial charge in [-0.3, -0.25) is 14.9 Å². The highest BCUT2D eigenvalue weighted by Crippen LogP contribution is 2.28. The van der Waals surface area contributed by atoms with Crippen LogP contribution in [0.4, 0.5) is 11.4 Å². The molecule has 1 atom stereocenters. The lowest BCUT2D eigenvalue weighted by atomic mass is 10.1. The summed E-state index contributed by atoms with van der Waals surface area (Å²) < 4.78 is 11.2. The van der Waals surface area contributed by atoms with E-state index in [9.17, 15) is 19.7 Å². The second-order valence-electron chi connectivity index (χ2n) is 6.08. The van der Waals surface area contributed by atoms with Crippen LogP contribution in [0.3, 0.4) is 0 Å². The van der Waals surface area contributed by atoms with Crippen molar-refractivity contribution in [1.82, 2.24) is 0 Å². The van der Waals surface area contributed by atoms with Gasteiger partial charge >= 0.3 is 5.63 Å². The van der Waals surface area contributed by atoms with Crippen LogP contribution in [0.15, 0.2) is 56.1 Å². The quantitative estimate of drug-likeness (QED) is 0.357. The van der Waals surface area contributed by atoms with Gasteiger partial charge in [0.05, 0.1) is 10.6 Å². The molecule has 0 aliphatic heterocycles. The summed E-state index contributed by atoms with van der Waals surface area (Å²) >= 11 is 3.20. The Morgan fingerprint density at radius 3 is 2.68 bits per heavy atom. The number of fused-ring (bicyclic) bond motifs is 1. The molecule has 1 heterocycles. The summed E-state index contributed by atoms with van der Waals surface area (Å²) in [5, 5.41) is 14.2. The fraction of sp³-hybridized carbons (Fsp3) is 0.158. The third-order valence-electron chi connectivity index (χ3n) is 4.03. The molecule has 3 rings (SSSR count). The minimum Gasteiger partial charge on any atom is -0.481 e. The summed E-state index contributed by atoms with van der Waals surface area (Å²) in [7, 11) is 0. The minimum absolute atomic E-state index is 0.0953. The summed E-state index contributed by atoms with van der Waals surface area (Å²) in [4.78, 5) is 34.2. The first-order chi connectivity index (χ1) is 13.2. The number of hydrogen-bond acceptors (Lipinski definition) is 6. The van der Waals surface area contributed by atoms with Crippen molar-refractivity contribution in [3.63, 3.8) is 0 Å². The number of non-ortho nitro benzene ring substituents is 1. The van der Waals surface area contributed by atoms with Crippen LogP contribution < -0.4 is 15.7 Å². The van der Waals surface area contributed by atoms with Gasteiger partial charge in [0.15, 0.2) is 6.10 Å². The van der Waals surface area contributed by atoms with E-state index in [1.165, 1.54) is 24.3 Å². The number of nitrogens with zero attached hydrogens (tertiary/aromatic N) is 1. The Bertz CT molecular complexity index is 1140. The predicted octanol–water partition coefficient (Wildman–Crippen LogP) is 4.18. The van der Waals surface area contributed by atoms with Crippen LogP contribution in [0, 0.1) is 17.0 Å². The number of nitro groups is 1. The van der Waals surface area contributed by atoms with E-state index in [0.29, 0.717) is 21.5 Å². The molecular formula is C19H15BrN2O6. The maximum Gasteiger partial charge on any atom is 0.336 e. The van der Waals surface area contributed by atoms with Gasteiger partial charge in [0.2, 0.25) is 0 Å². The molecule has 28 heavy (non-hydrogen) atoms. The van der Waals surface area contributed by atoms with Crippen molar-refractivity contribution in [3.8, 4) is 5.75 Å². The second-order valence-corrected chi connectivity index (χ2v) is 6.93. The molecule has 9 heteroatoms. The number of carbonyl (C=O) groups excluding carboxylic acids is 1. The number of rotatable bonds is 5. The molecule has 0 aliphatic carbocycles. The van der Waals surface area contributed by atoms with Crippen LogP contribution in [0.5, 0.6) is 5.75 Å². The Morgan fingerprint density at radius 2 is 2.00 bits per heavy atom. The Morgan fingerprint density at radius 1 is 1.25 bits per heavy atom. The van der Waals surface area contributed by atoms with E-state index in [4.69, 9.17) is 9.15 Å². The lowest BCUT2D eigenvalue weighted by Gasteiger charge is -2.15. The molecule has 0 aliphatic rings. The zero-order valence-corrected chi connectivity index (χ0v) is 16.5. The monoisotopic (exact) mass is 446 g/mol. The summed E-state index contributed by atoms with van der Waals surface area (Å²) in [6, 6.07) is 10.4. The molecule has 1 amide bonds. The van der Waals surface area contributed by atoms with Crippen molar-refractivity contribution in [2.75, 3.05) is 5.32 Å². The van der Waals surface area contributed by atoms with E-state index in [1.807, 2.05) is 0 Å². The van der Waals surface area contributed by atoms with E-state index in [-0.39, 0.29) is 5.69 Å². The number of amides is 1. The zero-order valence-electron chi connectivity index (χ0n) is 14.9. The van der Waals surface area contributed by atoms with Gasteiger partial charge in [-0.25, -0.2) is 4.79 Å². The molecule has 0 radical (unpaired) electrons. The topological polar surface area (TPSA) is 112 Å². The highest BCUT2D eigenvalue weighted by atomic mass is 79.9. The van der Waals surface area contributed by atoms with Gasteiger partial charge in [-0.2, -0.15) is 0 Å². The predicted molar refractivity (Wildman–Crippen MR) is 107 cm³/mol. The van der Waals surface area contributed by atoms with Gasteiger partial charge in [-0.05, 0) is 53.5 Å². The number of nitrogens with one attached hydrogen (secondary N) is 1. The number of benzene rings is 2. The summed E-state index contributed by atoms with van der Waals surface area (Å²) in [6.45, 7) is 3.36. The molecule has 144 valence electrons. The second kappa shape index (κ2) is 7.81. The molecular weight excluding hydrogens is 432 g/mol. The third kappa shape index (κ3) is 4.20. The number of hydrogen-bond donors (Lipinski definition) is 1. The maximum absolute atomic E-state index is 12.4. The van der Waals surface area contributed by atoms with Gasteiger partial charge in [0, 0.05) is 34.1 Å². The van der Waals surface area contributed by atoms with Crippen molar-refractivity contribution < 1.29 is 18.9 Å². The summed E-state index contributed by atoms with van der Waals surface area (Å²) in [5.74, 6) is -0.0768. The minimum atomic E-state index is -0.865.